The largest absolute Gasteiger partial charge is 0.506 e. The van der Waals surface area contributed by atoms with E-state index in [0.717, 1.165) is 28.4 Å². The van der Waals surface area contributed by atoms with Crippen LogP contribution in [0.15, 0.2) is 35.7 Å². The Morgan fingerprint density at radius 2 is 1.61 bits per heavy atom. The number of ether oxygens (including phenoxy) is 1. The van der Waals surface area contributed by atoms with Crippen molar-refractivity contribution < 1.29 is 53.3 Å². The van der Waals surface area contributed by atoms with E-state index in [4.69, 9.17) is 4.74 Å². The zero-order chi connectivity index (χ0) is 48.2. The molecule has 0 spiro atoms. The van der Waals surface area contributed by atoms with Gasteiger partial charge in [-0.2, -0.15) is 0 Å². The Kier molecular flexibility index (Phi) is 19.2. The van der Waals surface area contributed by atoms with Crippen LogP contribution in [0.3, 0.4) is 0 Å². The Morgan fingerprint density at radius 1 is 0.969 bits per heavy atom. The summed E-state index contributed by atoms with van der Waals surface area (Å²) in [4.78, 5) is 111. The molecule has 0 fully saturated rings. The second-order valence-corrected chi connectivity index (χ2v) is 18.4. The number of nitrogens with zero attached hydrogens (tertiary/aromatic N) is 4. The molecule has 6 atom stereocenters. The summed E-state index contributed by atoms with van der Waals surface area (Å²) in [6.07, 6.45) is 2.38. The molecule has 5 N–H and O–H groups in total. The summed E-state index contributed by atoms with van der Waals surface area (Å²) < 4.78 is 5.76. The van der Waals surface area contributed by atoms with Crippen LogP contribution >= 0.6 is 11.3 Å². The topological polar surface area (TPSA) is 245 Å². The molecule has 2 aromatic rings. The standard InChI is InChI=1S/C45H65N7O11S/c1-12-26(4)39(49-44(62)45(7,8)50(9)10)42(59)51(11)33(25(2)3)23-35(63-28(6)53)41-48-32(24-64-41)40(58)46-30(20-27(5)43(60)61)21-29-15-16-34(54)31(22-29)47-36(55)14-13-19-52-37(56)17-18-38(52)57/h15-18,22,24-27,30,33,35,39,54H,12-14,19-21,23H2,1-11H3,(H,46,58)(H,47,55)(H,49,62)(H,60,61)/t26-,27?,30+,33?,35+,39-/m0/s1. The number of esters is 1. The minimum atomic E-state index is -1.08. The molecule has 0 aliphatic carbocycles. The number of phenols is 1. The van der Waals surface area contributed by atoms with E-state index in [9.17, 15) is 48.6 Å². The van der Waals surface area contributed by atoms with Crippen molar-refractivity contribution in [1.29, 1.82) is 0 Å². The van der Waals surface area contributed by atoms with E-state index < -0.39 is 71.3 Å². The summed E-state index contributed by atoms with van der Waals surface area (Å²) in [6.45, 7) is 14.1. The summed E-state index contributed by atoms with van der Waals surface area (Å²) in [5, 5.41) is 30.6. The average Bonchev–Trinajstić information content (AvgIpc) is 3.84. The molecular weight excluding hydrogens is 847 g/mol. The molecule has 19 heteroatoms. The Labute approximate surface area is 379 Å². The van der Waals surface area contributed by atoms with Gasteiger partial charge in [0.05, 0.1) is 17.1 Å². The predicted octanol–water partition coefficient (Wildman–Crippen LogP) is 4.29. The Hall–Kier alpha value is -5.69. The SMILES string of the molecule is CC[C@H](C)[C@H](NC(=O)C(C)(C)N(C)C)C(=O)N(C)C(C[C@@H](OC(C)=O)c1nc(C(=O)N[C@@H](Cc2ccc(O)c(NC(=O)CCCN3C(=O)C=CC3=O)c2)CC(C)C(=O)O)cs1)C(C)C. The first kappa shape index (κ1) is 52.7. The number of likely N-dealkylation sites (N-methyl/N-ethyl adjacent to an activating group) is 2. The summed E-state index contributed by atoms with van der Waals surface area (Å²) in [6, 6.07) is 2.38. The van der Waals surface area contributed by atoms with Gasteiger partial charge >= 0.3 is 11.9 Å². The monoisotopic (exact) mass is 911 g/mol. The van der Waals surface area contributed by atoms with E-state index in [1.807, 2.05) is 27.7 Å². The van der Waals surface area contributed by atoms with Crippen LogP contribution < -0.4 is 16.0 Å². The third-order valence-corrected chi connectivity index (χ3v) is 12.7. The van der Waals surface area contributed by atoms with Crippen molar-refractivity contribution in [2.45, 2.75) is 124 Å². The molecule has 0 saturated carbocycles. The number of hydrogen-bond acceptors (Lipinski definition) is 13. The van der Waals surface area contributed by atoms with E-state index >= 15 is 0 Å². The van der Waals surface area contributed by atoms with Crippen LogP contribution in [0.25, 0.3) is 0 Å². The molecule has 0 bridgehead atoms. The van der Waals surface area contributed by atoms with Gasteiger partial charge < -0.3 is 35.8 Å². The summed E-state index contributed by atoms with van der Waals surface area (Å²) in [7, 11) is 5.23. The van der Waals surface area contributed by atoms with Crippen LogP contribution in [0.2, 0.25) is 0 Å². The number of aromatic nitrogens is 1. The highest BCUT2D eigenvalue weighted by atomic mass is 32.1. The van der Waals surface area contributed by atoms with Gasteiger partial charge in [-0.15, -0.1) is 11.3 Å². The van der Waals surface area contributed by atoms with Gasteiger partial charge in [0, 0.05) is 63.0 Å². The average molecular weight is 912 g/mol. The number of rotatable bonds is 24. The molecule has 1 aromatic heterocycles. The number of phenolic OH excluding ortho intramolecular Hbond substituents is 1. The molecule has 2 heterocycles. The van der Waals surface area contributed by atoms with E-state index in [2.05, 4.69) is 20.9 Å². The highest BCUT2D eigenvalue weighted by molar-refractivity contribution is 7.09. The molecule has 2 unspecified atom stereocenters. The van der Waals surface area contributed by atoms with E-state index in [0.29, 0.717) is 17.0 Å². The zero-order valence-corrected chi connectivity index (χ0v) is 39.5. The summed E-state index contributed by atoms with van der Waals surface area (Å²) in [5.74, 6) is -5.72. The second kappa shape index (κ2) is 23.3. The number of hydrogen-bond donors (Lipinski definition) is 5. The molecule has 1 aromatic carbocycles. The number of carbonyl (C=O) groups excluding carboxylic acids is 7. The number of aromatic hydroxyl groups is 1. The molecule has 0 saturated heterocycles. The lowest BCUT2D eigenvalue weighted by molar-refractivity contribution is -0.149. The summed E-state index contributed by atoms with van der Waals surface area (Å²) in [5.41, 5.74) is -0.262. The second-order valence-electron chi connectivity index (χ2n) is 17.5. The number of aliphatic carboxylic acids is 1. The highest BCUT2D eigenvalue weighted by Gasteiger charge is 2.39. The lowest BCUT2D eigenvalue weighted by Crippen LogP contribution is -2.60. The van der Waals surface area contributed by atoms with Crippen molar-refractivity contribution >= 4 is 64.4 Å². The lowest BCUT2D eigenvalue weighted by Gasteiger charge is -2.38. The van der Waals surface area contributed by atoms with Crippen molar-refractivity contribution in [3.63, 3.8) is 0 Å². The highest BCUT2D eigenvalue weighted by Crippen LogP contribution is 2.32. The Balaban J connectivity index is 1.81. The van der Waals surface area contributed by atoms with Gasteiger partial charge in [-0.05, 0) is 76.7 Å². The first-order chi connectivity index (χ1) is 29.9. The van der Waals surface area contributed by atoms with Crippen LogP contribution in [0, 0.1) is 17.8 Å². The molecule has 3 rings (SSSR count). The van der Waals surface area contributed by atoms with Gasteiger partial charge in [0.1, 0.15) is 22.5 Å². The van der Waals surface area contributed by atoms with Crippen molar-refractivity contribution in [2.24, 2.45) is 17.8 Å². The number of thiazole rings is 1. The molecule has 1 aliphatic heterocycles. The fraction of sp³-hybridized carbons (Fsp3) is 0.578. The van der Waals surface area contributed by atoms with Crippen LogP contribution in [0.5, 0.6) is 5.75 Å². The molecule has 352 valence electrons. The normalized spacial score (nSPS) is 15.6. The number of amides is 6. The quantitative estimate of drug-likeness (QED) is 0.0562. The fourth-order valence-corrected chi connectivity index (χ4v) is 7.80. The van der Waals surface area contributed by atoms with Gasteiger partial charge in [-0.3, -0.25) is 48.2 Å². The van der Waals surface area contributed by atoms with Crippen LogP contribution in [-0.2, 0) is 44.7 Å². The van der Waals surface area contributed by atoms with E-state index in [1.54, 1.807) is 50.9 Å². The van der Waals surface area contributed by atoms with Gasteiger partial charge in [0.15, 0.2) is 6.10 Å². The van der Waals surface area contributed by atoms with Gasteiger partial charge in [-0.25, -0.2) is 4.98 Å². The third kappa shape index (κ3) is 14.4. The zero-order valence-electron chi connectivity index (χ0n) is 38.7. The maximum absolute atomic E-state index is 14.2. The molecule has 0 radical (unpaired) electrons. The van der Waals surface area contributed by atoms with Crippen molar-refractivity contribution in [3.05, 3.63) is 52.0 Å². The minimum Gasteiger partial charge on any atom is -0.506 e. The number of anilines is 1. The smallest absolute Gasteiger partial charge is 0.306 e. The first-order valence-corrected chi connectivity index (χ1v) is 22.3. The lowest BCUT2D eigenvalue weighted by atomic mass is 9.92. The Bertz CT molecular complexity index is 2050. The molecular formula is C45H65N7O11S. The molecule has 18 nitrogen and oxygen atoms in total. The van der Waals surface area contributed by atoms with Crippen LogP contribution in [0.4, 0.5) is 5.69 Å². The maximum atomic E-state index is 14.2. The third-order valence-electron chi connectivity index (χ3n) is 11.7. The maximum Gasteiger partial charge on any atom is 0.306 e. The number of carboxylic acid groups (broad SMARTS) is 1. The Morgan fingerprint density at radius 3 is 2.17 bits per heavy atom. The van der Waals surface area contributed by atoms with Crippen molar-refractivity contribution in [2.75, 3.05) is 33.0 Å². The predicted molar refractivity (Wildman–Crippen MR) is 240 cm³/mol. The molecule has 64 heavy (non-hydrogen) atoms. The van der Waals surface area contributed by atoms with Crippen LogP contribution in [-0.4, -0.2) is 129 Å². The number of nitrogens with one attached hydrogen (secondary N) is 3. The number of carboxylic acids is 1. The number of benzene rings is 1. The van der Waals surface area contributed by atoms with Gasteiger partial charge in [0.2, 0.25) is 17.7 Å². The van der Waals surface area contributed by atoms with Gasteiger partial charge in [-0.1, -0.05) is 47.1 Å². The van der Waals surface area contributed by atoms with Gasteiger partial charge in [0.25, 0.3) is 17.7 Å². The number of imide groups is 1. The minimum absolute atomic E-state index is 0.00881. The fourth-order valence-electron chi connectivity index (χ4n) is 6.96. The van der Waals surface area contributed by atoms with E-state index in [-0.39, 0.29) is 79.4 Å². The molecule has 1 aliphatic rings. The van der Waals surface area contributed by atoms with Crippen molar-refractivity contribution in [3.8, 4) is 5.75 Å². The first-order valence-electron chi connectivity index (χ1n) is 21.4. The summed E-state index contributed by atoms with van der Waals surface area (Å²) >= 11 is 1.09. The number of carbonyl (C=O) groups is 8. The molecule has 6 amide bonds. The van der Waals surface area contributed by atoms with E-state index in [1.165, 1.54) is 31.4 Å². The van der Waals surface area contributed by atoms with Crippen molar-refractivity contribution in [1.82, 2.24) is 30.3 Å². The van der Waals surface area contributed by atoms with Crippen LogP contribution in [0.1, 0.15) is 115 Å².